The molecule has 0 bridgehead atoms. The van der Waals surface area contributed by atoms with Crippen molar-refractivity contribution in [2.75, 3.05) is 7.11 Å². The van der Waals surface area contributed by atoms with Crippen molar-refractivity contribution in [2.45, 2.75) is 20.5 Å². The van der Waals surface area contributed by atoms with Gasteiger partial charge in [0.2, 0.25) is 0 Å². The maximum atomic E-state index is 10.8. The monoisotopic (exact) mass is 542 g/mol. The van der Waals surface area contributed by atoms with Crippen LogP contribution < -0.4 is 0 Å². The number of aliphatic hydroxyl groups is 1. The molecule has 0 saturated heterocycles. The highest BCUT2D eigenvalue weighted by Crippen LogP contribution is 2.09. The maximum Gasteiger partial charge on any atom is 0.351 e. The highest BCUT2D eigenvalue weighted by Gasteiger charge is 2.11. The van der Waals surface area contributed by atoms with Gasteiger partial charge in [0.15, 0.2) is 4.88 Å². The van der Waals surface area contributed by atoms with Gasteiger partial charge in [-0.15, -0.1) is 10.2 Å². The highest BCUT2D eigenvalue weighted by atomic mass is 128. The van der Waals surface area contributed by atoms with Crippen molar-refractivity contribution in [3.63, 3.8) is 0 Å². The van der Waals surface area contributed by atoms with Crippen molar-refractivity contribution in [3.05, 3.63) is 21.1 Å². The summed E-state index contributed by atoms with van der Waals surface area (Å²) >= 11 is 6.52. The minimum absolute atomic E-state index is 0.0590. The van der Waals surface area contributed by atoms with Crippen LogP contribution in [0.4, 0.5) is 0 Å². The molecule has 0 aliphatic rings. The smallest absolute Gasteiger partial charge is 0.351 e. The van der Waals surface area contributed by atoms with E-state index in [-0.39, 0.29) is 12.6 Å². The van der Waals surface area contributed by atoms with E-state index in [1.165, 1.54) is 18.6 Å². The Hall–Kier alpha value is 0.01000. The van der Waals surface area contributed by atoms with E-state index >= 15 is 0 Å². The van der Waals surface area contributed by atoms with Crippen LogP contribution in [0.1, 0.15) is 25.9 Å². The molecule has 2 heterocycles. The number of nitrogens with zero attached hydrogens (tertiary/aromatic N) is 4. The fraction of sp³-hybridized carbons (Fsp3) is 0.444. The fourth-order valence-corrected chi connectivity index (χ4v) is 1.98. The van der Waals surface area contributed by atoms with Crippen LogP contribution in [0.15, 0.2) is 0 Å². The second-order valence-corrected chi connectivity index (χ2v) is 4.71. The third-order valence-corrected chi connectivity index (χ3v) is 3.53. The van der Waals surface area contributed by atoms with Gasteiger partial charge in [-0.2, -0.15) is 0 Å². The number of carbonyl (C=O) groups excluding carboxylic acids is 1. The number of methoxy groups -OCH3 is 1. The first-order chi connectivity index (χ1) is 9.60. The summed E-state index contributed by atoms with van der Waals surface area (Å²) in [5.41, 5.74) is 1.45. The minimum Gasteiger partial charge on any atom is -0.465 e. The topological polar surface area (TPSA) is 98.1 Å². The molecule has 0 atom stereocenters. The Morgan fingerprint density at radius 1 is 1.20 bits per heavy atom. The van der Waals surface area contributed by atoms with Gasteiger partial charge in [0.1, 0.15) is 0 Å². The zero-order valence-electron chi connectivity index (χ0n) is 10.8. The normalized spacial score (nSPS) is 8.90. The lowest BCUT2D eigenvalue weighted by Crippen LogP contribution is -1.99. The molecule has 11 heteroatoms. The van der Waals surface area contributed by atoms with E-state index in [2.05, 4.69) is 61.1 Å². The van der Waals surface area contributed by atoms with Crippen molar-refractivity contribution >= 4 is 66.3 Å². The van der Waals surface area contributed by atoms with E-state index in [1.807, 2.05) is 6.92 Å². The van der Waals surface area contributed by atoms with Crippen LogP contribution in [0.25, 0.3) is 0 Å². The van der Waals surface area contributed by atoms with Crippen LogP contribution in [0.3, 0.4) is 0 Å². The molecule has 0 amide bonds. The van der Waals surface area contributed by atoms with E-state index in [9.17, 15) is 4.79 Å². The second kappa shape index (κ2) is 11.6. The molecule has 7 nitrogen and oxygen atoms in total. The van der Waals surface area contributed by atoms with Gasteiger partial charge < -0.3 is 9.84 Å². The molecular formula is C9H12I2N4O3S2. The maximum absolute atomic E-state index is 10.8. The summed E-state index contributed by atoms with van der Waals surface area (Å²) in [7, 11) is 1.33. The Bertz CT molecular complexity index is 521. The van der Waals surface area contributed by atoms with Gasteiger partial charge in [-0.1, -0.05) is 8.98 Å². The Labute approximate surface area is 147 Å². The van der Waals surface area contributed by atoms with E-state index in [1.54, 1.807) is 6.92 Å². The standard InChI is InChI=1S/C5H6N2O2S.C4H6N2OS.I2/c1-3-4(5(8)9-2)10-7-6-3;1-3-4(2-7)8-6-5-3;1-2/h1-2H3;7H,2H2,1H3;. The summed E-state index contributed by atoms with van der Waals surface area (Å²) in [6, 6.07) is 0. The average Bonchev–Trinajstić information content (AvgIpc) is 3.09. The third-order valence-electron chi connectivity index (χ3n) is 1.91. The predicted molar refractivity (Wildman–Crippen MR) is 94.6 cm³/mol. The van der Waals surface area contributed by atoms with Crippen molar-refractivity contribution in [1.82, 2.24) is 19.2 Å². The Morgan fingerprint density at radius 3 is 2.05 bits per heavy atom. The molecule has 0 spiro atoms. The number of carbonyl (C=O) groups is 1. The molecule has 0 aliphatic carbocycles. The van der Waals surface area contributed by atoms with Crippen LogP contribution in [0.2, 0.25) is 0 Å². The number of aromatic nitrogens is 4. The van der Waals surface area contributed by atoms with Gasteiger partial charge in [0.25, 0.3) is 0 Å². The quantitative estimate of drug-likeness (QED) is 0.461. The van der Waals surface area contributed by atoms with Crippen LogP contribution in [0, 0.1) is 13.8 Å². The van der Waals surface area contributed by atoms with Crippen molar-refractivity contribution < 1.29 is 14.6 Å². The zero-order valence-corrected chi connectivity index (χ0v) is 16.8. The van der Waals surface area contributed by atoms with Gasteiger partial charge in [0, 0.05) is 37.2 Å². The number of aliphatic hydroxyl groups excluding tert-OH is 1. The summed E-state index contributed by atoms with van der Waals surface area (Å²) in [6.07, 6.45) is 0. The van der Waals surface area contributed by atoms with Crippen molar-refractivity contribution in [3.8, 4) is 0 Å². The van der Waals surface area contributed by atoms with E-state index in [4.69, 9.17) is 5.11 Å². The predicted octanol–water partition coefficient (Wildman–Crippen LogP) is 2.74. The molecule has 2 aromatic heterocycles. The second-order valence-electron chi connectivity index (χ2n) is 3.12. The molecule has 1 N–H and O–H groups in total. The summed E-state index contributed by atoms with van der Waals surface area (Å²) in [5, 5.41) is 15.9. The van der Waals surface area contributed by atoms with Crippen LogP contribution in [0.5, 0.6) is 0 Å². The van der Waals surface area contributed by atoms with Crippen molar-refractivity contribution in [2.24, 2.45) is 0 Å². The number of halogens is 2. The lowest BCUT2D eigenvalue weighted by molar-refractivity contribution is 0.0605. The van der Waals surface area contributed by atoms with Gasteiger partial charge in [0.05, 0.1) is 30.0 Å². The largest absolute Gasteiger partial charge is 0.465 e. The number of esters is 1. The molecule has 0 unspecified atom stereocenters. The number of aryl methyl sites for hydroxylation is 2. The Balaban J connectivity index is 0.000000327. The third kappa shape index (κ3) is 6.64. The lowest BCUT2D eigenvalue weighted by Gasteiger charge is -1.91. The van der Waals surface area contributed by atoms with Gasteiger partial charge in [-0.05, 0) is 36.9 Å². The molecular weight excluding hydrogens is 530 g/mol. The molecule has 0 saturated carbocycles. The van der Waals surface area contributed by atoms with Crippen LogP contribution >= 0.6 is 60.3 Å². The first-order valence-electron chi connectivity index (χ1n) is 5.00. The molecule has 20 heavy (non-hydrogen) atoms. The molecule has 0 fully saturated rings. The van der Waals surface area contributed by atoms with Gasteiger partial charge >= 0.3 is 5.97 Å². The van der Waals surface area contributed by atoms with Crippen molar-refractivity contribution in [1.29, 1.82) is 0 Å². The number of hydrogen-bond acceptors (Lipinski definition) is 9. The Kier molecular flexibility index (Phi) is 11.7. The Morgan fingerprint density at radius 2 is 1.75 bits per heavy atom. The zero-order chi connectivity index (χ0) is 15.5. The molecule has 2 rings (SSSR count). The molecule has 2 aromatic rings. The lowest BCUT2D eigenvalue weighted by atomic mass is 10.4. The fourth-order valence-electron chi connectivity index (χ4n) is 0.908. The molecule has 0 aromatic carbocycles. The number of hydrogen-bond donors (Lipinski definition) is 1. The van der Waals surface area contributed by atoms with Crippen LogP contribution in [-0.4, -0.2) is 37.4 Å². The van der Waals surface area contributed by atoms with Gasteiger partial charge in [-0.3, -0.25) is 0 Å². The average molecular weight is 542 g/mol. The van der Waals surface area contributed by atoms with Crippen LogP contribution in [-0.2, 0) is 11.3 Å². The molecule has 112 valence electrons. The minimum atomic E-state index is -0.368. The summed E-state index contributed by atoms with van der Waals surface area (Å²) in [5.74, 6) is -0.368. The number of ether oxygens (including phenoxy) is 1. The van der Waals surface area contributed by atoms with E-state index in [0.717, 1.165) is 22.1 Å². The highest BCUT2D eigenvalue weighted by molar-refractivity contribution is 15.0. The molecule has 0 aliphatic heterocycles. The van der Waals surface area contributed by atoms with E-state index in [0.29, 0.717) is 10.6 Å². The first kappa shape index (κ1) is 20.0. The number of rotatable bonds is 2. The first-order valence-corrected chi connectivity index (χ1v) is 12.8. The molecule has 0 radical (unpaired) electrons. The summed E-state index contributed by atoms with van der Waals surface area (Å²) in [4.78, 5) is 12.1. The SMILES string of the molecule is COC(=O)c1snnc1C.Cc1nnsc1CO.II. The summed E-state index contributed by atoms with van der Waals surface area (Å²) < 4.78 is 11.7. The van der Waals surface area contributed by atoms with Gasteiger partial charge in [-0.25, -0.2) is 4.79 Å². The van der Waals surface area contributed by atoms with E-state index < -0.39 is 0 Å². The summed E-state index contributed by atoms with van der Waals surface area (Å²) in [6.45, 7) is 3.61.